The van der Waals surface area contributed by atoms with E-state index in [2.05, 4.69) is 6.58 Å². The predicted molar refractivity (Wildman–Crippen MR) is 34.6 cm³/mol. The number of hydrogen-bond acceptors (Lipinski definition) is 0. The van der Waals surface area contributed by atoms with Gasteiger partial charge in [0.15, 0.2) is 0 Å². The molecule has 0 fully saturated rings. The standard InChI is InChI=1S/C6H11.BrH.Mg/c1-3-5-6-4-2;;/h3H,1-2,4-6H2;1H;/q;;+1/p-1. The second kappa shape index (κ2) is 10.9. The van der Waals surface area contributed by atoms with Gasteiger partial charge in [0, 0.05) is 0 Å². The SMILES string of the molecule is C=CCCC[CH2][Mg+].[Br-]. The van der Waals surface area contributed by atoms with Crippen LogP contribution in [0.5, 0.6) is 0 Å². The molecule has 0 aliphatic rings. The van der Waals surface area contributed by atoms with Crippen molar-refractivity contribution >= 4 is 21.7 Å². The Morgan fingerprint density at radius 1 is 1.38 bits per heavy atom. The molecule has 0 heterocycles. The summed E-state index contributed by atoms with van der Waals surface area (Å²) < 4.78 is 1.34. The van der Waals surface area contributed by atoms with Crippen LogP contribution in [0.3, 0.4) is 0 Å². The Morgan fingerprint density at radius 3 is 2.38 bits per heavy atom. The zero-order chi connectivity index (χ0) is 5.54. The maximum Gasteiger partial charge on any atom is -1.00 e. The Morgan fingerprint density at radius 2 is 2.00 bits per heavy atom. The topological polar surface area (TPSA) is 0 Å². The molecule has 0 amide bonds. The van der Waals surface area contributed by atoms with E-state index in [0.29, 0.717) is 0 Å². The van der Waals surface area contributed by atoms with E-state index in [1.54, 1.807) is 0 Å². The molecule has 0 radical (unpaired) electrons. The third kappa shape index (κ3) is 10.1. The summed E-state index contributed by atoms with van der Waals surface area (Å²) >= 11 is 2.04. The van der Waals surface area contributed by atoms with Crippen LogP contribution >= 0.6 is 0 Å². The second-order valence-corrected chi connectivity index (χ2v) is 2.35. The third-order valence-corrected chi connectivity index (χ3v) is 1.41. The van der Waals surface area contributed by atoms with Gasteiger partial charge in [-0.1, -0.05) is 0 Å². The van der Waals surface area contributed by atoms with Crippen LogP contribution in [0.1, 0.15) is 19.3 Å². The first-order valence-electron chi connectivity index (χ1n) is 2.82. The molecule has 0 unspecified atom stereocenters. The molecule has 0 aliphatic carbocycles. The average Bonchev–Trinajstić information content (AvgIpc) is 1.69. The summed E-state index contributed by atoms with van der Waals surface area (Å²) in [6.45, 7) is 3.63. The van der Waals surface area contributed by atoms with Gasteiger partial charge in [0.2, 0.25) is 0 Å². The summed E-state index contributed by atoms with van der Waals surface area (Å²) in [4.78, 5) is 0. The van der Waals surface area contributed by atoms with Gasteiger partial charge in [-0.3, -0.25) is 0 Å². The van der Waals surface area contributed by atoms with Crippen LogP contribution in [0.15, 0.2) is 12.7 Å². The van der Waals surface area contributed by atoms with Crippen LogP contribution in [0, 0.1) is 0 Å². The fourth-order valence-electron chi connectivity index (χ4n) is 0.465. The first-order chi connectivity index (χ1) is 3.41. The fraction of sp³-hybridized carbons (Fsp3) is 0.667. The van der Waals surface area contributed by atoms with Gasteiger partial charge >= 0.3 is 58.2 Å². The smallest absolute Gasteiger partial charge is 1.00 e. The van der Waals surface area contributed by atoms with Gasteiger partial charge in [-0.05, 0) is 0 Å². The van der Waals surface area contributed by atoms with Gasteiger partial charge in [-0.15, -0.1) is 0 Å². The van der Waals surface area contributed by atoms with Crippen molar-refractivity contribution in [3.05, 3.63) is 12.7 Å². The van der Waals surface area contributed by atoms with Gasteiger partial charge in [0.05, 0.1) is 0 Å². The number of allylic oxidation sites excluding steroid dienone is 1. The van der Waals surface area contributed by atoms with Crippen LogP contribution in [0.25, 0.3) is 0 Å². The molecule has 0 aromatic carbocycles. The first-order valence-corrected chi connectivity index (χ1v) is 3.82. The number of unbranched alkanes of at least 4 members (excludes halogenated alkanes) is 2. The summed E-state index contributed by atoms with van der Waals surface area (Å²) in [7, 11) is 0. The summed E-state index contributed by atoms with van der Waals surface area (Å²) in [5, 5.41) is 0. The number of rotatable bonds is 4. The van der Waals surface area contributed by atoms with Gasteiger partial charge in [-0.25, -0.2) is 0 Å². The first kappa shape index (κ1) is 11.7. The molecule has 0 aromatic heterocycles. The van der Waals surface area contributed by atoms with Crippen LogP contribution < -0.4 is 17.0 Å². The monoisotopic (exact) mass is 186 g/mol. The van der Waals surface area contributed by atoms with Crippen molar-refractivity contribution in [1.82, 2.24) is 0 Å². The molecular weight excluding hydrogens is 176 g/mol. The molecule has 0 N–H and O–H groups in total. The molecule has 2 heteroatoms. The van der Waals surface area contributed by atoms with Crippen molar-refractivity contribution in [3.8, 4) is 0 Å². The van der Waals surface area contributed by atoms with Crippen LogP contribution in [-0.4, -0.2) is 21.7 Å². The second-order valence-electron chi connectivity index (χ2n) is 1.64. The van der Waals surface area contributed by atoms with Crippen molar-refractivity contribution in [2.45, 2.75) is 23.8 Å². The molecule has 8 heavy (non-hydrogen) atoms. The summed E-state index contributed by atoms with van der Waals surface area (Å²) in [5.41, 5.74) is 0. The van der Waals surface area contributed by atoms with E-state index in [1.807, 2.05) is 27.8 Å². The Balaban J connectivity index is 0. The largest absolute Gasteiger partial charge is 1.00 e. The zero-order valence-electron chi connectivity index (χ0n) is 5.20. The van der Waals surface area contributed by atoms with Gasteiger partial charge in [-0.2, -0.15) is 0 Å². The minimum absolute atomic E-state index is 0. The van der Waals surface area contributed by atoms with E-state index < -0.39 is 0 Å². The van der Waals surface area contributed by atoms with Gasteiger partial charge in [0.1, 0.15) is 0 Å². The molecule has 44 valence electrons. The predicted octanol–water partition coefficient (Wildman–Crippen LogP) is -1.07. The minimum Gasteiger partial charge on any atom is -1.00 e. The Bertz CT molecular complexity index is 45.8. The van der Waals surface area contributed by atoms with E-state index in [1.165, 1.54) is 23.8 Å². The Labute approximate surface area is 74.9 Å². The molecular formula is C6H11BrMg. The Hall–Kier alpha value is 0.986. The summed E-state index contributed by atoms with van der Waals surface area (Å²) in [6, 6.07) is 0. The van der Waals surface area contributed by atoms with Crippen LogP contribution in [0.4, 0.5) is 0 Å². The molecule has 0 atom stereocenters. The molecule has 0 saturated carbocycles. The van der Waals surface area contributed by atoms with Crippen molar-refractivity contribution < 1.29 is 17.0 Å². The van der Waals surface area contributed by atoms with Crippen molar-refractivity contribution in [2.24, 2.45) is 0 Å². The minimum atomic E-state index is 0. The average molecular weight is 187 g/mol. The van der Waals surface area contributed by atoms with Crippen molar-refractivity contribution in [2.75, 3.05) is 0 Å². The van der Waals surface area contributed by atoms with Gasteiger partial charge < -0.3 is 17.0 Å². The van der Waals surface area contributed by atoms with Crippen LogP contribution in [-0.2, 0) is 0 Å². The summed E-state index contributed by atoms with van der Waals surface area (Å²) in [6.07, 6.45) is 5.87. The van der Waals surface area contributed by atoms with E-state index in [-0.39, 0.29) is 17.0 Å². The number of hydrogen-bond donors (Lipinski definition) is 0. The zero-order valence-corrected chi connectivity index (χ0v) is 8.20. The van der Waals surface area contributed by atoms with Crippen LogP contribution in [0.2, 0.25) is 4.55 Å². The van der Waals surface area contributed by atoms with E-state index in [4.69, 9.17) is 0 Å². The molecule has 0 bridgehead atoms. The van der Waals surface area contributed by atoms with Crippen molar-refractivity contribution in [3.63, 3.8) is 0 Å². The molecule has 0 aromatic rings. The van der Waals surface area contributed by atoms with E-state index >= 15 is 0 Å². The number of halogens is 1. The van der Waals surface area contributed by atoms with E-state index in [9.17, 15) is 0 Å². The molecule has 0 nitrogen and oxygen atoms in total. The Kier molecular flexibility index (Phi) is 16.0. The maximum absolute atomic E-state index is 3.63. The van der Waals surface area contributed by atoms with Crippen molar-refractivity contribution in [1.29, 1.82) is 0 Å². The molecule has 0 spiro atoms. The van der Waals surface area contributed by atoms with E-state index in [0.717, 1.165) is 0 Å². The molecule has 0 saturated heterocycles. The fourth-order valence-corrected chi connectivity index (χ4v) is 0.819. The molecule has 0 rings (SSSR count). The van der Waals surface area contributed by atoms with Gasteiger partial charge in [0.25, 0.3) is 0 Å². The quantitative estimate of drug-likeness (QED) is 0.299. The normalized spacial score (nSPS) is 7.75. The summed E-state index contributed by atoms with van der Waals surface area (Å²) in [5.74, 6) is 0. The maximum atomic E-state index is 3.63. The molecule has 0 aliphatic heterocycles. The third-order valence-electron chi connectivity index (χ3n) is 0.908.